The van der Waals surface area contributed by atoms with Crippen LogP contribution in [0.3, 0.4) is 0 Å². The first kappa shape index (κ1) is 20.6. The van der Waals surface area contributed by atoms with Crippen molar-refractivity contribution in [3.63, 3.8) is 0 Å². The minimum atomic E-state index is -0.106. The molecule has 0 saturated heterocycles. The van der Waals surface area contributed by atoms with Gasteiger partial charge in [-0.3, -0.25) is 14.7 Å². The molecule has 1 atom stereocenters. The molecule has 150 valence electrons. The van der Waals surface area contributed by atoms with Crippen LogP contribution in [0.5, 0.6) is 5.75 Å². The second-order valence-electron chi connectivity index (χ2n) is 7.13. The number of carbonyl (C=O) groups excluding carboxylic acids is 1. The highest BCUT2D eigenvalue weighted by atomic mass is 16.5. The summed E-state index contributed by atoms with van der Waals surface area (Å²) in [6.45, 7) is 3.47. The van der Waals surface area contributed by atoms with Crippen LogP contribution >= 0.6 is 0 Å². The topological polar surface area (TPSA) is 54.5 Å². The van der Waals surface area contributed by atoms with Gasteiger partial charge in [0.1, 0.15) is 12.4 Å². The van der Waals surface area contributed by atoms with Gasteiger partial charge in [-0.2, -0.15) is 0 Å². The van der Waals surface area contributed by atoms with E-state index >= 15 is 0 Å². The van der Waals surface area contributed by atoms with Gasteiger partial charge >= 0.3 is 0 Å². The molecule has 2 aromatic carbocycles. The van der Waals surface area contributed by atoms with E-state index in [0.717, 1.165) is 23.6 Å². The molecule has 3 rings (SSSR count). The number of nitrogens with one attached hydrogen (secondary N) is 1. The average Bonchev–Trinajstić information content (AvgIpc) is 2.73. The zero-order valence-electron chi connectivity index (χ0n) is 16.9. The number of aromatic nitrogens is 1. The Morgan fingerprint density at radius 2 is 1.86 bits per heavy atom. The molecule has 1 unspecified atom stereocenters. The van der Waals surface area contributed by atoms with Crippen molar-refractivity contribution in [2.75, 3.05) is 13.6 Å². The highest BCUT2D eigenvalue weighted by Crippen LogP contribution is 2.20. The fraction of sp³-hybridized carbons (Fsp3) is 0.250. The molecule has 0 spiro atoms. The maximum absolute atomic E-state index is 12.4. The Kier molecular flexibility index (Phi) is 7.36. The molecule has 0 radical (unpaired) electrons. The van der Waals surface area contributed by atoms with Crippen molar-refractivity contribution in [3.05, 3.63) is 95.8 Å². The predicted molar refractivity (Wildman–Crippen MR) is 114 cm³/mol. The lowest BCUT2D eigenvalue weighted by molar-refractivity contribution is -0.122. The van der Waals surface area contributed by atoms with Crippen molar-refractivity contribution in [2.24, 2.45) is 0 Å². The van der Waals surface area contributed by atoms with Crippen LogP contribution in [-0.4, -0.2) is 29.4 Å². The third-order valence-corrected chi connectivity index (χ3v) is 4.56. The molecule has 5 nitrogen and oxygen atoms in total. The van der Waals surface area contributed by atoms with Gasteiger partial charge in [0.2, 0.25) is 5.91 Å². The van der Waals surface area contributed by atoms with Gasteiger partial charge in [0.25, 0.3) is 0 Å². The van der Waals surface area contributed by atoms with Crippen molar-refractivity contribution in [1.82, 2.24) is 15.2 Å². The van der Waals surface area contributed by atoms with Crippen molar-refractivity contribution in [3.8, 4) is 5.75 Å². The monoisotopic (exact) mass is 389 g/mol. The fourth-order valence-corrected chi connectivity index (χ4v) is 3.08. The summed E-state index contributed by atoms with van der Waals surface area (Å²) in [6.07, 6.45) is 1.75. The number of amides is 1. The van der Waals surface area contributed by atoms with Crippen LogP contribution in [0.25, 0.3) is 0 Å². The third-order valence-electron chi connectivity index (χ3n) is 4.56. The number of rotatable bonds is 9. The Hall–Kier alpha value is -3.18. The Labute approximate surface area is 172 Å². The lowest BCUT2D eigenvalue weighted by Crippen LogP contribution is -2.36. The molecule has 1 aromatic heterocycles. The van der Waals surface area contributed by atoms with Gasteiger partial charge in [0, 0.05) is 12.7 Å². The molecule has 29 heavy (non-hydrogen) atoms. The summed E-state index contributed by atoms with van der Waals surface area (Å²) in [4.78, 5) is 18.7. The van der Waals surface area contributed by atoms with Crippen molar-refractivity contribution in [1.29, 1.82) is 0 Å². The average molecular weight is 389 g/mol. The number of ether oxygens (including phenoxy) is 1. The van der Waals surface area contributed by atoms with E-state index in [0.29, 0.717) is 13.2 Å². The van der Waals surface area contributed by atoms with Gasteiger partial charge in [-0.1, -0.05) is 48.5 Å². The van der Waals surface area contributed by atoms with E-state index in [1.54, 1.807) is 6.20 Å². The number of pyridine rings is 1. The Bertz CT molecular complexity index is 900. The van der Waals surface area contributed by atoms with E-state index in [4.69, 9.17) is 4.74 Å². The largest absolute Gasteiger partial charge is 0.487 e. The van der Waals surface area contributed by atoms with E-state index in [1.807, 2.05) is 79.5 Å². The molecular formula is C24H27N3O2. The summed E-state index contributed by atoms with van der Waals surface area (Å²) < 4.78 is 5.84. The Morgan fingerprint density at radius 1 is 1.07 bits per heavy atom. The smallest absolute Gasteiger partial charge is 0.234 e. The second-order valence-corrected chi connectivity index (χ2v) is 7.13. The summed E-state index contributed by atoms with van der Waals surface area (Å²) in [7, 11) is 1.95. The summed E-state index contributed by atoms with van der Waals surface area (Å²) in [5, 5.41) is 3.07. The number of nitrogens with zero attached hydrogens (tertiary/aromatic N) is 2. The van der Waals surface area contributed by atoms with E-state index in [1.165, 1.54) is 5.56 Å². The number of carbonyl (C=O) groups is 1. The Morgan fingerprint density at radius 3 is 2.62 bits per heavy atom. The van der Waals surface area contributed by atoms with Crippen LogP contribution in [0.4, 0.5) is 0 Å². The van der Waals surface area contributed by atoms with Crippen LogP contribution in [0, 0.1) is 0 Å². The van der Waals surface area contributed by atoms with Crippen molar-refractivity contribution >= 4 is 5.91 Å². The van der Waals surface area contributed by atoms with Crippen LogP contribution < -0.4 is 10.1 Å². The second kappa shape index (κ2) is 10.4. The van der Waals surface area contributed by atoms with Gasteiger partial charge in [0.05, 0.1) is 18.3 Å². The zero-order chi connectivity index (χ0) is 20.5. The highest BCUT2D eigenvalue weighted by molar-refractivity contribution is 5.78. The molecular weight excluding hydrogens is 362 g/mol. The molecule has 1 heterocycles. The van der Waals surface area contributed by atoms with E-state index in [-0.39, 0.29) is 11.9 Å². The summed E-state index contributed by atoms with van der Waals surface area (Å²) in [5.74, 6) is 0.756. The van der Waals surface area contributed by atoms with Crippen LogP contribution in [0.15, 0.2) is 79.0 Å². The number of hydrogen-bond acceptors (Lipinski definition) is 4. The van der Waals surface area contributed by atoms with Crippen LogP contribution in [-0.2, 0) is 17.9 Å². The van der Waals surface area contributed by atoms with E-state index < -0.39 is 0 Å². The molecule has 0 bridgehead atoms. The first-order valence-electron chi connectivity index (χ1n) is 9.74. The zero-order valence-corrected chi connectivity index (χ0v) is 16.9. The Balaban J connectivity index is 1.50. The lowest BCUT2D eigenvalue weighted by atomic mass is 10.1. The first-order chi connectivity index (χ1) is 14.1. The maximum atomic E-state index is 12.4. The van der Waals surface area contributed by atoms with Crippen LogP contribution in [0.1, 0.15) is 29.8 Å². The minimum absolute atomic E-state index is 0.00395. The lowest BCUT2D eigenvalue weighted by Gasteiger charge is -2.19. The molecule has 0 saturated carbocycles. The molecule has 5 heteroatoms. The quantitative estimate of drug-likeness (QED) is 0.602. The fourth-order valence-electron chi connectivity index (χ4n) is 3.08. The van der Waals surface area contributed by atoms with E-state index in [2.05, 4.69) is 22.4 Å². The van der Waals surface area contributed by atoms with Gasteiger partial charge in [-0.25, -0.2) is 0 Å². The predicted octanol–water partition coefficient (Wildman–Crippen LogP) is 3.97. The SMILES string of the molecule is CC(NC(=O)CN(C)Cc1ccccc1)c1cccc(OCc2ccccn2)c1. The molecule has 3 aromatic rings. The summed E-state index contributed by atoms with van der Waals surface area (Å²) in [6, 6.07) is 23.6. The standard InChI is InChI=1S/C24H27N3O2/c1-19(26-24(28)17-27(2)16-20-9-4-3-5-10-20)21-11-8-13-23(15-21)29-18-22-12-6-7-14-25-22/h3-15,19H,16-18H2,1-2H3,(H,26,28). The first-order valence-corrected chi connectivity index (χ1v) is 9.74. The number of benzene rings is 2. The highest BCUT2D eigenvalue weighted by Gasteiger charge is 2.12. The van der Waals surface area contributed by atoms with Crippen LogP contribution in [0.2, 0.25) is 0 Å². The summed E-state index contributed by atoms with van der Waals surface area (Å²) >= 11 is 0. The number of hydrogen-bond donors (Lipinski definition) is 1. The number of likely N-dealkylation sites (N-methyl/N-ethyl adjacent to an activating group) is 1. The normalized spacial score (nSPS) is 11.8. The molecule has 0 aliphatic carbocycles. The molecule has 1 amide bonds. The van der Waals surface area contributed by atoms with Gasteiger partial charge in [-0.05, 0) is 49.4 Å². The van der Waals surface area contributed by atoms with E-state index in [9.17, 15) is 4.79 Å². The minimum Gasteiger partial charge on any atom is -0.487 e. The molecule has 0 fully saturated rings. The molecule has 1 N–H and O–H groups in total. The van der Waals surface area contributed by atoms with Gasteiger partial charge in [0.15, 0.2) is 0 Å². The van der Waals surface area contributed by atoms with Crippen molar-refractivity contribution < 1.29 is 9.53 Å². The van der Waals surface area contributed by atoms with Gasteiger partial charge in [-0.15, -0.1) is 0 Å². The van der Waals surface area contributed by atoms with Crippen molar-refractivity contribution in [2.45, 2.75) is 26.1 Å². The summed E-state index contributed by atoms with van der Waals surface area (Å²) in [5.41, 5.74) is 3.07. The third kappa shape index (κ3) is 6.73. The molecule has 0 aliphatic rings. The molecule has 0 aliphatic heterocycles. The maximum Gasteiger partial charge on any atom is 0.234 e. The van der Waals surface area contributed by atoms with Gasteiger partial charge < -0.3 is 10.1 Å².